The Morgan fingerprint density at radius 2 is 1.77 bits per heavy atom. The van der Waals surface area contributed by atoms with Crippen molar-refractivity contribution in [2.24, 2.45) is 14.1 Å². The molecule has 1 aliphatic heterocycles. The molecule has 0 unspecified atom stereocenters. The number of fused-ring (bicyclic) bond motifs is 1. The first-order valence-electron chi connectivity index (χ1n) is 6.53. The molecule has 8 heteroatoms. The maximum absolute atomic E-state index is 12.5. The van der Waals surface area contributed by atoms with Gasteiger partial charge in [0.1, 0.15) is 5.82 Å². The molecule has 114 valence electrons. The molecule has 22 heavy (non-hydrogen) atoms. The van der Waals surface area contributed by atoms with Crippen molar-refractivity contribution in [2.45, 2.75) is 6.04 Å². The zero-order valence-electron chi connectivity index (χ0n) is 11.9. The summed E-state index contributed by atoms with van der Waals surface area (Å²) >= 11 is 6.19. The summed E-state index contributed by atoms with van der Waals surface area (Å²) in [6.45, 7) is 0. The van der Waals surface area contributed by atoms with E-state index in [0.29, 0.717) is 10.6 Å². The highest BCUT2D eigenvalue weighted by Gasteiger charge is 2.32. The summed E-state index contributed by atoms with van der Waals surface area (Å²) < 4.78 is 2.24. The van der Waals surface area contributed by atoms with Crippen molar-refractivity contribution in [3.63, 3.8) is 0 Å². The lowest BCUT2D eigenvalue weighted by Gasteiger charge is -2.28. The predicted octanol–water partition coefficient (Wildman–Crippen LogP) is 0.962. The normalized spacial score (nSPS) is 16.7. The number of hydrogen-bond donors (Lipinski definition) is 2. The summed E-state index contributed by atoms with van der Waals surface area (Å²) in [7, 11) is 2.89. The maximum atomic E-state index is 12.5. The lowest BCUT2D eigenvalue weighted by Crippen LogP contribution is -2.49. The molecule has 0 saturated carbocycles. The Morgan fingerprint density at radius 1 is 1.09 bits per heavy atom. The molecule has 2 N–H and O–H groups in total. The quantitative estimate of drug-likeness (QED) is 0.820. The SMILES string of the molecule is Cn1c2c(c(=O)n(C)c1=O)[C@H](c1ccccc1Cl)NC(=O)N2. The van der Waals surface area contributed by atoms with Gasteiger partial charge in [-0.1, -0.05) is 29.8 Å². The van der Waals surface area contributed by atoms with E-state index in [1.54, 1.807) is 24.3 Å². The maximum Gasteiger partial charge on any atom is 0.332 e. The fraction of sp³-hybridized carbons (Fsp3) is 0.214. The van der Waals surface area contributed by atoms with Crippen LogP contribution in [0.3, 0.4) is 0 Å². The fourth-order valence-electron chi connectivity index (χ4n) is 2.57. The number of aromatic nitrogens is 2. The van der Waals surface area contributed by atoms with E-state index in [1.165, 1.54) is 18.7 Å². The summed E-state index contributed by atoms with van der Waals surface area (Å²) in [5.41, 5.74) is -0.118. The van der Waals surface area contributed by atoms with Crippen LogP contribution in [0.4, 0.5) is 10.6 Å². The van der Waals surface area contributed by atoms with Gasteiger partial charge in [0.05, 0.1) is 11.6 Å². The van der Waals surface area contributed by atoms with Crippen molar-refractivity contribution in [1.29, 1.82) is 0 Å². The van der Waals surface area contributed by atoms with Crippen LogP contribution in [-0.4, -0.2) is 15.2 Å². The average Bonchev–Trinajstić information content (AvgIpc) is 2.50. The molecular weight excluding hydrogens is 308 g/mol. The van der Waals surface area contributed by atoms with E-state index in [-0.39, 0.29) is 11.4 Å². The lowest BCUT2D eigenvalue weighted by atomic mass is 9.98. The molecular formula is C14H13ClN4O3. The summed E-state index contributed by atoms with van der Waals surface area (Å²) in [5.74, 6) is 0.182. The van der Waals surface area contributed by atoms with Gasteiger partial charge in [0.15, 0.2) is 0 Å². The first kappa shape index (κ1) is 14.4. The monoisotopic (exact) mass is 320 g/mol. The Morgan fingerprint density at radius 3 is 2.45 bits per heavy atom. The Hall–Kier alpha value is -2.54. The Labute approximate surface area is 130 Å². The largest absolute Gasteiger partial charge is 0.332 e. The number of amides is 2. The van der Waals surface area contributed by atoms with Gasteiger partial charge in [-0.05, 0) is 11.6 Å². The van der Waals surface area contributed by atoms with Gasteiger partial charge >= 0.3 is 11.7 Å². The van der Waals surface area contributed by atoms with Crippen LogP contribution in [-0.2, 0) is 14.1 Å². The van der Waals surface area contributed by atoms with Gasteiger partial charge in [-0.15, -0.1) is 0 Å². The van der Waals surface area contributed by atoms with Gasteiger partial charge in [-0.2, -0.15) is 0 Å². The minimum Gasteiger partial charge on any atom is -0.327 e. The number of hydrogen-bond acceptors (Lipinski definition) is 3. The molecule has 0 spiro atoms. The third-order valence-electron chi connectivity index (χ3n) is 3.71. The summed E-state index contributed by atoms with van der Waals surface area (Å²) in [5, 5.41) is 5.62. The van der Waals surface area contributed by atoms with E-state index in [1.807, 2.05) is 0 Å². The number of carbonyl (C=O) groups excluding carboxylic acids is 1. The fourth-order valence-corrected chi connectivity index (χ4v) is 2.82. The van der Waals surface area contributed by atoms with E-state index in [9.17, 15) is 14.4 Å². The molecule has 7 nitrogen and oxygen atoms in total. The highest BCUT2D eigenvalue weighted by Crippen LogP contribution is 2.31. The van der Waals surface area contributed by atoms with Crippen LogP contribution < -0.4 is 21.9 Å². The number of urea groups is 1. The molecule has 2 aromatic rings. The first-order valence-corrected chi connectivity index (χ1v) is 6.91. The Balaban J connectivity index is 2.36. The van der Waals surface area contributed by atoms with Gasteiger partial charge in [-0.25, -0.2) is 9.59 Å². The average molecular weight is 321 g/mol. The van der Waals surface area contributed by atoms with Crippen LogP contribution in [0.2, 0.25) is 5.02 Å². The number of nitrogens with zero attached hydrogens (tertiary/aromatic N) is 2. The second-order valence-corrected chi connectivity index (χ2v) is 5.43. The standard InChI is InChI=1S/C14H13ClN4O3/c1-18-11-9(12(20)19(2)14(18)22)10(16-13(21)17-11)7-5-3-4-6-8(7)15/h3-6,10H,1-2H3,(H2,16,17,21)/t10-/m0/s1. The zero-order valence-corrected chi connectivity index (χ0v) is 12.6. The first-order chi connectivity index (χ1) is 10.4. The minimum absolute atomic E-state index is 0.182. The van der Waals surface area contributed by atoms with Gasteiger partial charge in [-0.3, -0.25) is 19.2 Å². The highest BCUT2D eigenvalue weighted by molar-refractivity contribution is 6.31. The number of benzene rings is 1. The van der Waals surface area contributed by atoms with Crippen LogP contribution in [0.5, 0.6) is 0 Å². The van der Waals surface area contributed by atoms with E-state index in [4.69, 9.17) is 11.6 Å². The van der Waals surface area contributed by atoms with Crippen LogP contribution in [0.25, 0.3) is 0 Å². The molecule has 0 fully saturated rings. The van der Waals surface area contributed by atoms with Crippen LogP contribution >= 0.6 is 11.6 Å². The topological polar surface area (TPSA) is 85.1 Å². The summed E-state index contributed by atoms with van der Waals surface area (Å²) in [4.78, 5) is 36.4. The van der Waals surface area contributed by atoms with Crippen molar-refractivity contribution in [1.82, 2.24) is 14.5 Å². The second-order valence-electron chi connectivity index (χ2n) is 5.02. The summed E-state index contributed by atoms with van der Waals surface area (Å²) in [6, 6.07) is 5.71. The van der Waals surface area contributed by atoms with Crippen molar-refractivity contribution in [2.75, 3.05) is 5.32 Å². The molecule has 2 heterocycles. The third-order valence-corrected chi connectivity index (χ3v) is 4.06. The van der Waals surface area contributed by atoms with Crippen LogP contribution in [0, 0.1) is 0 Å². The van der Waals surface area contributed by atoms with Crippen molar-refractivity contribution in [3.8, 4) is 0 Å². The van der Waals surface area contributed by atoms with E-state index < -0.39 is 23.3 Å². The minimum atomic E-state index is -0.719. The molecule has 1 aromatic carbocycles. The second kappa shape index (κ2) is 5.03. The van der Waals surface area contributed by atoms with Crippen LogP contribution in [0.1, 0.15) is 17.2 Å². The van der Waals surface area contributed by atoms with Crippen molar-refractivity contribution >= 4 is 23.4 Å². The van der Waals surface area contributed by atoms with Crippen LogP contribution in [0.15, 0.2) is 33.9 Å². The van der Waals surface area contributed by atoms with Crippen molar-refractivity contribution in [3.05, 3.63) is 61.3 Å². The molecule has 0 saturated heterocycles. The zero-order chi connectivity index (χ0) is 16.0. The number of rotatable bonds is 1. The predicted molar refractivity (Wildman–Crippen MR) is 82.4 cm³/mol. The highest BCUT2D eigenvalue weighted by atomic mass is 35.5. The molecule has 3 rings (SSSR count). The molecule has 0 aliphatic carbocycles. The van der Waals surface area contributed by atoms with Gasteiger partial charge in [0.25, 0.3) is 5.56 Å². The molecule has 1 aromatic heterocycles. The molecule has 2 amide bonds. The van der Waals surface area contributed by atoms with Crippen molar-refractivity contribution < 1.29 is 4.79 Å². The van der Waals surface area contributed by atoms with E-state index >= 15 is 0 Å². The number of anilines is 1. The van der Waals surface area contributed by atoms with Gasteiger partial charge in [0.2, 0.25) is 0 Å². The van der Waals surface area contributed by atoms with Gasteiger partial charge in [0, 0.05) is 19.1 Å². The Kier molecular flexibility index (Phi) is 3.29. The number of nitrogens with one attached hydrogen (secondary N) is 2. The molecule has 1 atom stereocenters. The number of halogens is 1. The lowest BCUT2D eigenvalue weighted by molar-refractivity contribution is 0.248. The molecule has 0 bridgehead atoms. The summed E-state index contributed by atoms with van der Waals surface area (Å²) in [6.07, 6.45) is 0. The van der Waals surface area contributed by atoms with E-state index in [0.717, 1.165) is 4.57 Å². The third kappa shape index (κ3) is 2.01. The molecule has 1 aliphatic rings. The van der Waals surface area contributed by atoms with Gasteiger partial charge < -0.3 is 5.32 Å². The molecule has 0 radical (unpaired) electrons. The van der Waals surface area contributed by atoms with E-state index in [2.05, 4.69) is 10.6 Å². The number of carbonyl (C=O) groups is 1. The Bertz CT molecular complexity index is 900. The smallest absolute Gasteiger partial charge is 0.327 e.